The third-order valence-electron chi connectivity index (χ3n) is 4.84. The molecule has 0 aliphatic heterocycles. The zero-order valence-electron chi connectivity index (χ0n) is 17.6. The van der Waals surface area contributed by atoms with E-state index in [0.29, 0.717) is 53.9 Å². The van der Waals surface area contributed by atoms with E-state index in [1.807, 2.05) is 25.1 Å². The lowest BCUT2D eigenvalue weighted by atomic mass is 10.2. The van der Waals surface area contributed by atoms with Crippen LogP contribution in [-0.4, -0.2) is 49.6 Å². The van der Waals surface area contributed by atoms with E-state index >= 15 is 0 Å². The molecule has 10 nitrogen and oxygen atoms in total. The van der Waals surface area contributed by atoms with Crippen molar-refractivity contribution in [3.05, 3.63) is 52.7 Å². The van der Waals surface area contributed by atoms with Gasteiger partial charge in [0.1, 0.15) is 17.9 Å². The molecule has 0 radical (unpaired) electrons. The molecule has 0 aromatic carbocycles. The maximum Gasteiger partial charge on any atom is 0.281 e. The number of nitrogens with zero attached hydrogens (tertiary/aromatic N) is 6. The third kappa shape index (κ3) is 3.73. The average Bonchev–Trinajstić information content (AvgIpc) is 3.16. The standard InChI is InChI=1S/C21H23N7O3/c1-4-15-17-18(26-28(15)16-7-5-6-8-23-16)21(29)27(2)19(25-17)14-11-13(22)12-24-20(14)31-10-9-30-3/h5-8,11-12H,4,9-10,22H2,1-3H3. The Morgan fingerprint density at radius 2 is 2.00 bits per heavy atom. The van der Waals surface area contributed by atoms with E-state index in [2.05, 4.69) is 15.1 Å². The molecule has 0 saturated carbocycles. The van der Waals surface area contributed by atoms with Gasteiger partial charge in [0.15, 0.2) is 11.3 Å². The molecular formula is C21H23N7O3. The first-order chi connectivity index (χ1) is 15.0. The summed E-state index contributed by atoms with van der Waals surface area (Å²) >= 11 is 0. The number of fused-ring (bicyclic) bond motifs is 1. The number of rotatable bonds is 7. The van der Waals surface area contributed by atoms with Crippen LogP contribution in [-0.2, 0) is 18.2 Å². The van der Waals surface area contributed by atoms with Crippen LogP contribution in [0, 0.1) is 0 Å². The van der Waals surface area contributed by atoms with Crippen molar-refractivity contribution in [3.8, 4) is 23.1 Å². The van der Waals surface area contributed by atoms with E-state index in [9.17, 15) is 4.79 Å². The molecule has 0 spiro atoms. The predicted octanol–water partition coefficient (Wildman–Crippen LogP) is 1.75. The molecule has 4 rings (SSSR count). The van der Waals surface area contributed by atoms with Crippen LogP contribution in [0.4, 0.5) is 5.69 Å². The monoisotopic (exact) mass is 421 g/mol. The number of aryl methyl sites for hydroxylation is 1. The van der Waals surface area contributed by atoms with Crippen molar-refractivity contribution >= 4 is 16.7 Å². The average molecular weight is 421 g/mol. The predicted molar refractivity (Wildman–Crippen MR) is 116 cm³/mol. The fraction of sp³-hybridized carbons (Fsp3) is 0.286. The van der Waals surface area contributed by atoms with Crippen molar-refractivity contribution in [2.75, 3.05) is 26.1 Å². The molecule has 0 aliphatic rings. The number of methoxy groups -OCH3 is 1. The van der Waals surface area contributed by atoms with Crippen LogP contribution in [0.3, 0.4) is 0 Å². The van der Waals surface area contributed by atoms with Crippen LogP contribution in [0.15, 0.2) is 41.5 Å². The first-order valence-corrected chi connectivity index (χ1v) is 9.82. The Bertz CT molecular complexity index is 1280. The molecule has 4 aromatic rings. The Kier molecular flexibility index (Phi) is 5.63. The molecule has 4 aromatic heterocycles. The number of nitrogens with two attached hydrogens (primary N) is 1. The van der Waals surface area contributed by atoms with Crippen LogP contribution in [0.5, 0.6) is 5.88 Å². The van der Waals surface area contributed by atoms with Crippen LogP contribution < -0.4 is 16.0 Å². The highest BCUT2D eigenvalue weighted by molar-refractivity contribution is 5.80. The van der Waals surface area contributed by atoms with Gasteiger partial charge in [-0.25, -0.2) is 19.6 Å². The van der Waals surface area contributed by atoms with Crippen molar-refractivity contribution in [3.63, 3.8) is 0 Å². The van der Waals surface area contributed by atoms with Gasteiger partial charge in [-0.3, -0.25) is 9.36 Å². The molecule has 0 fully saturated rings. The normalized spacial score (nSPS) is 11.2. The molecule has 0 bridgehead atoms. The van der Waals surface area contributed by atoms with Crippen molar-refractivity contribution in [1.82, 2.24) is 29.3 Å². The van der Waals surface area contributed by atoms with Crippen LogP contribution in [0.2, 0.25) is 0 Å². The number of hydrogen-bond acceptors (Lipinski definition) is 8. The zero-order chi connectivity index (χ0) is 22.0. The van der Waals surface area contributed by atoms with E-state index in [-0.39, 0.29) is 11.1 Å². The largest absolute Gasteiger partial charge is 0.475 e. The number of pyridine rings is 2. The lowest BCUT2D eigenvalue weighted by molar-refractivity contribution is 0.144. The fourth-order valence-corrected chi connectivity index (χ4v) is 3.33. The minimum absolute atomic E-state index is 0.271. The third-order valence-corrected chi connectivity index (χ3v) is 4.84. The van der Waals surface area contributed by atoms with Gasteiger partial charge < -0.3 is 15.2 Å². The molecule has 0 saturated heterocycles. The highest BCUT2D eigenvalue weighted by Gasteiger charge is 2.22. The van der Waals surface area contributed by atoms with Crippen molar-refractivity contribution in [2.45, 2.75) is 13.3 Å². The Morgan fingerprint density at radius 1 is 1.16 bits per heavy atom. The number of aromatic nitrogens is 6. The first kappa shape index (κ1) is 20.5. The molecule has 4 heterocycles. The Hall–Kier alpha value is -3.79. The van der Waals surface area contributed by atoms with Crippen LogP contribution >= 0.6 is 0 Å². The summed E-state index contributed by atoms with van der Waals surface area (Å²) in [6.07, 6.45) is 3.79. The van der Waals surface area contributed by atoms with Gasteiger partial charge in [-0.1, -0.05) is 13.0 Å². The number of ether oxygens (including phenoxy) is 2. The molecule has 2 N–H and O–H groups in total. The number of hydrogen-bond donors (Lipinski definition) is 1. The minimum Gasteiger partial charge on any atom is -0.475 e. The second-order valence-electron chi connectivity index (χ2n) is 6.86. The van der Waals surface area contributed by atoms with Gasteiger partial charge in [0.2, 0.25) is 5.88 Å². The minimum atomic E-state index is -0.283. The summed E-state index contributed by atoms with van der Waals surface area (Å²) in [6.45, 7) is 2.68. The highest BCUT2D eigenvalue weighted by atomic mass is 16.5. The SMILES string of the molecule is CCc1c2nc(-c3cc(N)cnc3OCCOC)n(C)c(=O)c2nn1-c1ccccn1. The van der Waals surface area contributed by atoms with Gasteiger partial charge in [0.25, 0.3) is 5.56 Å². The van der Waals surface area contributed by atoms with E-state index in [1.54, 1.807) is 31.1 Å². The quantitative estimate of drug-likeness (QED) is 0.448. The van der Waals surface area contributed by atoms with Crippen molar-refractivity contribution in [1.29, 1.82) is 0 Å². The van der Waals surface area contributed by atoms with Crippen LogP contribution in [0.1, 0.15) is 12.6 Å². The summed E-state index contributed by atoms with van der Waals surface area (Å²) < 4.78 is 13.9. The van der Waals surface area contributed by atoms with E-state index < -0.39 is 0 Å². The molecule has 10 heteroatoms. The molecule has 160 valence electrons. The Labute approximate surface area is 178 Å². The maximum absolute atomic E-state index is 13.2. The molecule has 31 heavy (non-hydrogen) atoms. The zero-order valence-corrected chi connectivity index (χ0v) is 17.6. The summed E-state index contributed by atoms with van der Waals surface area (Å²) in [5.74, 6) is 1.33. The number of nitrogen functional groups attached to an aromatic ring is 1. The maximum atomic E-state index is 13.2. The summed E-state index contributed by atoms with van der Waals surface area (Å²) in [5, 5.41) is 4.52. The topological polar surface area (TPSA) is 123 Å². The van der Waals surface area contributed by atoms with E-state index in [1.165, 1.54) is 10.8 Å². The summed E-state index contributed by atoms with van der Waals surface area (Å²) in [5.41, 5.74) is 8.21. The molecular weight excluding hydrogens is 398 g/mol. The Morgan fingerprint density at radius 3 is 2.71 bits per heavy atom. The second-order valence-corrected chi connectivity index (χ2v) is 6.86. The van der Waals surface area contributed by atoms with Crippen LogP contribution in [0.25, 0.3) is 28.2 Å². The van der Waals surface area contributed by atoms with Gasteiger partial charge in [-0.2, -0.15) is 5.10 Å². The second kappa shape index (κ2) is 8.52. The molecule has 0 atom stereocenters. The molecule has 0 amide bonds. The lowest BCUT2D eigenvalue weighted by Crippen LogP contribution is -2.21. The molecule has 0 aliphatic carbocycles. The van der Waals surface area contributed by atoms with Crippen molar-refractivity contribution in [2.24, 2.45) is 7.05 Å². The molecule has 0 unspecified atom stereocenters. The van der Waals surface area contributed by atoms with Gasteiger partial charge in [0.05, 0.1) is 29.7 Å². The van der Waals surface area contributed by atoms with Crippen molar-refractivity contribution < 1.29 is 9.47 Å². The van der Waals surface area contributed by atoms with Gasteiger partial charge in [-0.15, -0.1) is 0 Å². The summed E-state index contributed by atoms with van der Waals surface area (Å²) in [6, 6.07) is 7.22. The smallest absolute Gasteiger partial charge is 0.281 e. The van der Waals surface area contributed by atoms with Gasteiger partial charge in [0, 0.05) is 20.4 Å². The summed E-state index contributed by atoms with van der Waals surface area (Å²) in [7, 11) is 3.23. The van der Waals surface area contributed by atoms with Gasteiger partial charge >= 0.3 is 0 Å². The van der Waals surface area contributed by atoms with Gasteiger partial charge in [-0.05, 0) is 24.6 Å². The van der Waals surface area contributed by atoms with E-state index in [0.717, 1.165) is 5.69 Å². The highest BCUT2D eigenvalue weighted by Crippen LogP contribution is 2.29. The Balaban J connectivity index is 1.94. The summed E-state index contributed by atoms with van der Waals surface area (Å²) in [4.78, 5) is 26.6. The lowest BCUT2D eigenvalue weighted by Gasteiger charge is -2.13. The number of anilines is 1. The fourth-order valence-electron chi connectivity index (χ4n) is 3.33. The first-order valence-electron chi connectivity index (χ1n) is 9.82. The van der Waals surface area contributed by atoms with E-state index in [4.69, 9.17) is 20.2 Å².